The van der Waals surface area contributed by atoms with Crippen LogP contribution in [0.5, 0.6) is 0 Å². The SMILES string of the molecule is Cc1ccccc1S(=O)(=O)n1ccc2c(-c3ccn4ncccc34)cccc21.Cl. The number of aromatic nitrogens is 3. The molecule has 0 aliphatic carbocycles. The molecule has 3 heterocycles. The lowest BCUT2D eigenvalue weighted by Gasteiger charge is -2.10. The Labute approximate surface area is 174 Å². The molecule has 0 fully saturated rings. The zero-order valence-corrected chi connectivity index (χ0v) is 17.2. The highest BCUT2D eigenvalue weighted by atomic mass is 35.5. The van der Waals surface area contributed by atoms with Crippen molar-refractivity contribution in [1.82, 2.24) is 13.6 Å². The fraction of sp³-hybridized carbons (Fsp3) is 0.0455. The van der Waals surface area contributed by atoms with Gasteiger partial charge in [0.1, 0.15) is 0 Å². The number of benzene rings is 2. The molecule has 3 aromatic heterocycles. The third-order valence-corrected chi connectivity index (χ3v) is 6.90. The van der Waals surface area contributed by atoms with Crippen LogP contribution in [0.2, 0.25) is 0 Å². The second-order valence-corrected chi connectivity index (χ2v) is 8.49. The van der Waals surface area contributed by atoms with Crippen molar-refractivity contribution in [3.05, 3.63) is 90.9 Å². The van der Waals surface area contributed by atoms with E-state index in [0.717, 1.165) is 27.6 Å². The monoisotopic (exact) mass is 423 g/mol. The molecule has 0 N–H and O–H groups in total. The maximum absolute atomic E-state index is 13.3. The molecule has 0 aliphatic heterocycles. The van der Waals surface area contributed by atoms with Gasteiger partial charge in [-0.1, -0.05) is 30.3 Å². The van der Waals surface area contributed by atoms with E-state index in [9.17, 15) is 8.42 Å². The Morgan fingerprint density at radius 3 is 2.41 bits per heavy atom. The standard InChI is InChI=1S/C22H17N3O2S.ClH/c1-16-6-2-3-10-22(16)28(26,27)25-15-12-19-17(7-4-8-21(19)25)18-11-14-24-20(18)9-5-13-23-24;/h2-15H,1H3;1H. The van der Waals surface area contributed by atoms with Gasteiger partial charge in [-0.25, -0.2) is 16.9 Å². The molecule has 5 aromatic rings. The summed E-state index contributed by atoms with van der Waals surface area (Å²) in [7, 11) is -3.68. The first-order valence-electron chi connectivity index (χ1n) is 8.91. The summed E-state index contributed by atoms with van der Waals surface area (Å²) in [5, 5.41) is 5.20. The lowest BCUT2D eigenvalue weighted by molar-refractivity contribution is 0.588. The first-order chi connectivity index (χ1) is 13.6. The zero-order chi connectivity index (χ0) is 19.3. The minimum atomic E-state index is -3.68. The molecule has 5 rings (SSSR count). The van der Waals surface area contributed by atoms with Crippen molar-refractivity contribution < 1.29 is 8.42 Å². The van der Waals surface area contributed by atoms with Crippen LogP contribution < -0.4 is 0 Å². The summed E-state index contributed by atoms with van der Waals surface area (Å²) in [6.45, 7) is 1.81. The Bertz CT molecular complexity index is 1450. The molecule has 0 unspecified atom stereocenters. The van der Waals surface area contributed by atoms with Crippen molar-refractivity contribution in [2.75, 3.05) is 0 Å². The maximum Gasteiger partial charge on any atom is 0.268 e. The van der Waals surface area contributed by atoms with Crippen molar-refractivity contribution >= 4 is 38.8 Å². The number of hydrogen-bond acceptors (Lipinski definition) is 3. The largest absolute Gasteiger partial charge is 0.268 e. The number of hydrogen-bond donors (Lipinski definition) is 0. The van der Waals surface area contributed by atoms with Gasteiger partial charge in [-0.05, 0) is 54.4 Å². The van der Waals surface area contributed by atoms with Crippen molar-refractivity contribution in [3.8, 4) is 11.1 Å². The fourth-order valence-electron chi connectivity index (χ4n) is 3.71. The molecule has 0 aliphatic rings. The Morgan fingerprint density at radius 2 is 1.59 bits per heavy atom. The predicted molar refractivity (Wildman–Crippen MR) is 117 cm³/mol. The van der Waals surface area contributed by atoms with E-state index in [2.05, 4.69) is 5.10 Å². The van der Waals surface area contributed by atoms with Gasteiger partial charge in [0.15, 0.2) is 0 Å². The predicted octanol–water partition coefficient (Wildman–Crippen LogP) is 4.92. The van der Waals surface area contributed by atoms with Crippen LogP contribution in [0.25, 0.3) is 27.5 Å². The Kier molecular flexibility index (Phi) is 4.68. The summed E-state index contributed by atoms with van der Waals surface area (Å²) < 4.78 is 29.8. The molecule has 0 radical (unpaired) electrons. The van der Waals surface area contributed by atoms with Crippen LogP contribution in [0.15, 0.2) is 90.2 Å². The van der Waals surface area contributed by atoms with Crippen LogP contribution >= 0.6 is 12.4 Å². The third-order valence-electron chi connectivity index (χ3n) is 5.05. The van der Waals surface area contributed by atoms with E-state index in [1.165, 1.54) is 3.97 Å². The van der Waals surface area contributed by atoms with Gasteiger partial charge in [0.25, 0.3) is 10.0 Å². The van der Waals surface area contributed by atoms with E-state index in [1.807, 2.05) is 72.2 Å². The van der Waals surface area contributed by atoms with Gasteiger partial charge in [0.2, 0.25) is 0 Å². The van der Waals surface area contributed by atoms with Gasteiger partial charge >= 0.3 is 0 Å². The quantitative estimate of drug-likeness (QED) is 0.413. The molecule has 146 valence electrons. The molecule has 7 heteroatoms. The molecule has 0 amide bonds. The van der Waals surface area contributed by atoms with Crippen molar-refractivity contribution in [2.24, 2.45) is 0 Å². The molecular formula is C22H18ClN3O2S. The second-order valence-electron chi connectivity index (χ2n) is 6.70. The lowest BCUT2D eigenvalue weighted by atomic mass is 10.0. The fourth-order valence-corrected chi connectivity index (χ4v) is 5.29. The van der Waals surface area contributed by atoms with E-state index < -0.39 is 10.0 Å². The Balaban J connectivity index is 0.00000205. The molecule has 0 saturated carbocycles. The van der Waals surface area contributed by atoms with Crippen LogP contribution in [-0.4, -0.2) is 22.0 Å². The average molecular weight is 424 g/mol. The summed E-state index contributed by atoms with van der Waals surface area (Å²) in [5.74, 6) is 0. The van der Waals surface area contributed by atoms with Crippen molar-refractivity contribution in [2.45, 2.75) is 11.8 Å². The zero-order valence-electron chi connectivity index (χ0n) is 15.6. The first kappa shape index (κ1) is 19.2. The molecule has 0 spiro atoms. The van der Waals surface area contributed by atoms with E-state index >= 15 is 0 Å². The van der Waals surface area contributed by atoms with E-state index in [4.69, 9.17) is 0 Å². The van der Waals surface area contributed by atoms with Gasteiger partial charge in [0.05, 0.1) is 15.9 Å². The van der Waals surface area contributed by atoms with Gasteiger partial charge in [-0.2, -0.15) is 5.10 Å². The smallest absolute Gasteiger partial charge is 0.241 e. The number of aryl methyl sites for hydroxylation is 1. The molecule has 2 aromatic carbocycles. The summed E-state index contributed by atoms with van der Waals surface area (Å²) in [6, 6.07) is 20.5. The van der Waals surface area contributed by atoms with Crippen molar-refractivity contribution in [1.29, 1.82) is 0 Å². The molecule has 0 bridgehead atoms. The highest BCUT2D eigenvalue weighted by molar-refractivity contribution is 7.90. The molecule has 0 atom stereocenters. The van der Waals surface area contributed by atoms with E-state index in [0.29, 0.717) is 10.4 Å². The first-order valence-corrected chi connectivity index (χ1v) is 10.4. The normalized spacial score (nSPS) is 11.6. The summed E-state index contributed by atoms with van der Waals surface area (Å²) >= 11 is 0. The van der Waals surface area contributed by atoms with Crippen LogP contribution in [0, 0.1) is 6.92 Å². The highest BCUT2D eigenvalue weighted by Crippen LogP contribution is 2.34. The summed E-state index contributed by atoms with van der Waals surface area (Å²) in [5.41, 5.74) is 4.36. The third kappa shape index (κ3) is 2.92. The molecule has 29 heavy (non-hydrogen) atoms. The van der Waals surface area contributed by atoms with E-state index in [1.54, 1.807) is 24.5 Å². The van der Waals surface area contributed by atoms with Gasteiger partial charge in [0, 0.05) is 29.5 Å². The van der Waals surface area contributed by atoms with Crippen LogP contribution in [0.3, 0.4) is 0 Å². The highest BCUT2D eigenvalue weighted by Gasteiger charge is 2.21. The van der Waals surface area contributed by atoms with Gasteiger partial charge in [-0.15, -0.1) is 12.4 Å². The van der Waals surface area contributed by atoms with Crippen LogP contribution in [0.1, 0.15) is 5.56 Å². The summed E-state index contributed by atoms with van der Waals surface area (Å²) in [6.07, 6.45) is 5.28. The lowest BCUT2D eigenvalue weighted by Crippen LogP contribution is -2.13. The van der Waals surface area contributed by atoms with Crippen LogP contribution in [-0.2, 0) is 10.0 Å². The minimum absolute atomic E-state index is 0. The number of rotatable bonds is 3. The number of fused-ring (bicyclic) bond motifs is 2. The van der Waals surface area contributed by atoms with Gasteiger partial charge in [-0.3, -0.25) is 0 Å². The van der Waals surface area contributed by atoms with E-state index in [-0.39, 0.29) is 12.4 Å². The Morgan fingerprint density at radius 1 is 0.793 bits per heavy atom. The van der Waals surface area contributed by atoms with Crippen molar-refractivity contribution in [3.63, 3.8) is 0 Å². The van der Waals surface area contributed by atoms with Gasteiger partial charge < -0.3 is 0 Å². The van der Waals surface area contributed by atoms with Crippen LogP contribution in [0.4, 0.5) is 0 Å². The Hall–Kier alpha value is -3.09. The molecular weight excluding hydrogens is 406 g/mol. The number of halogens is 1. The maximum atomic E-state index is 13.3. The number of nitrogens with zero attached hydrogens (tertiary/aromatic N) is 3. The minimum Gasteiger partial charge on any atom is -0.241 e. The molecule has 0 saturated heterocycles. The topological polar surface area (TPSA) is 56.4 Å². The molecule has 5 nitrogen and oxygen atoms in total. The average Bonchev–Trinajstić information content (AvgIpc) is 3.33. The second kappa shape index (κ2) is 7.06. The summed E-state index contributed by atoms with van der Waals surface area (Å²) in [4.78, 5) is 0.316.